The van der Waals surface area contributed by atoms with Crippen LogP contribution in [0.15, 0.2) is 53.6 Å². The molecule has 0 saturated heterocycles. The lowest BCUT2D eigenvalue weighted by Gasteiger charge is -2.42. The number of rotatable bonds is 6. The Balaban J connectivity index is 2.44. The maximum Gasteiger partial charge on any atom is 0.432 e. The third-order valence-corrected chi connectivity index (χ3v) is 5.65. The number of ketones is 1. The van der Waals surface area contributed by atoms with Gasteiger partial charge >= 0.3 is 12.1 Å². The molecule has 0 aliphatic heterocycles. The average Bonchev–Trinajstić information content (AvgIpc) is 2.64. The lowest BCUT2D eigenvalue weighted by Crippen LogP contribution is -2.54. The molecule has 0 fully saturated rings. The van der Waals surface area contributed by atoms with E-state index in [0.29, 0.717) is 12.8 Å². The van der Waals surface area contributed by atoms with Crippen LogP contribution in [-0.4, -0.2) is 31.1 Å². The van der Waals surface area contributed by atoms with Crippen LogP contribution in [0.1, 0.15) is 46.1 Å². The summed E-state index contributed by atoms with van der Waals surface area (Å²) in [6, 6.07) is 6.74. The van der Waals surface area contributed by atoms with Crippen molar-refractivity contribution in [2.24, 2.45) is 5.41 Å². The van der Waals surface area contributed by atoms with Crippen LogP contribution < -0.4 is 0 Å². The highest BCUT2D eigenvalue weighted by atomic mass is 19.4. The van der Waals surface area contributed by atoms with Gasteiger partial charge in [0, 0.05) is 18.1 Å². The molecule has 0 bridgehead atoms. The van der Waals surface area contributed by atoms with Crippen molar-refractivity contribution in [3.05, 3.63) is 59.2 Å². The number of alkyl halides is 3. The average molecular weight is 424 g/mol. The molecule has 1 aromatic carbocycles. The van der Waals surface area contributed by atoms with Gasteiger partial charge in [-0.1, -0.05) is 55.8 Å². The third kappa shape index (κ3) is 4.36. The van der Waals surface area contributed by atoms with Gasteiger partial charge in [0.2, 0.25) is 0 Å². The van der Waals surface area contributed by atoms with Gasteiger partial charge in [-0.15, -0.1) is 0 Å². The Morgan fingerprint density at radius 3 is 2.27 bits per heavy atom. The van der Waals surface area contributed by atoms with Crippen LogP contribution in [0.3, 0.4) is 0 Å². The second-order valence-corrected chi connectivity index (χ2v) is 8.04. The van der Waals surface area contributed by atoms with Crippen molar-refractivity contribution in [3.63, 3.8) is 0 Å². The number of carbonyl (C=O) groups is 2. The highest BCUT2D eigenvalue weighted by Gasteiger charge is 2.64. The first kappa shape index (κ1) is 23.9. The molecule has 2 atom stereocenters. The van der Waals surface area contributed by atoms with E-state index in [1.54, 1.807) is 26.0 Å². The maximum absolute atomic E-state index is 14.1. The molecular formula is C23H27F3O4. The van der Waals surface area contributed by atoms with Crippen LogP contribution in [0.5, 0.6) is 0 Å². The number of carbonyl (C=O) groups excluding carboxylic acids is 2. The number of methoxy groups -OCH3 is 1. The quantitative estimate of drug-likeness (QED) is 0.460. The number of allylic oxidation sites excluding steroid dienone is 3. The van der Waals surface area contributed by atoms with Crippen molar-refractivity contribution in [2.75, 3.05) is 7.11 Å². The molecule has 1 aliphatic carbocycles. The summed E-state index contributed by atoms with van der Waals surface area (Å²) in [5.74, 6) is -1.65. The van der Waals surface area contributed by atoms with Gasteiger partial charge in [0.05, 0.1) is 0 Å². The highest BCUT2D eigenvalue weighted by Crippen LogP contribution is 2.47. The highest BCUT2D eigenvalue weighted by molar-refractivity contribution is 5.87. The van der Waals surface area contributed by atoms with Crippen LogP contribution in [0.4, 0.5) is 13.2 Å². The van der Waals surface area contributed by atoms with Crippen LogP contribution in [0.25, 0.3) is 0 Å². The molecule has 0 N–H and O–H groups in total. The zero-order chi connectivity index (χ0) is 22.7. The monoisotopic (exact) mass is 424 g/mol. The number of esters is 1. The Hall–Kier alpha value is -2.41. The van der Waals surface area contributed by atoms with Crippen molar-refractivity contribution in [3.8, 4) is 0 Å². The van der Waals surface area contributed by atoms with Crippen LogP contribution >= 0.6 is 0 Å². The van der Waals surface area contributed by atoms with Gasteiger partial charge in [-0.3, -0.25) is 4.79 Å². The summed E-state index contributed by atoms with van der Waals surface area (Å²) in [5.41, 5.74) is -2.58. The van der Waals surface area contributed by atoms with Gasteiger partial charge in [-0.2, -0.15) is 13.2 Å². The Morgan fingerprint density at radius 1 is 1.17 bits per heavy atom. The van der Waals surface area contributed by atoms with Crippen molar-refractivity contribution < 1.29 is 32.2 Å². The number of halogens is 3. The number of hydrogen-bond donors (Lipinski definition) is 0. The van der Waals surface area contributed by atoms with E-state index in [0.717, 1.165) is 18.3 Å². The van der Waals surface area contributed by atoms with E-state index in [4.69, 9.17) is 9.47 Å². The predicted molar refractivity (Wildman–Crippen MR) is 107 cm³/mol. The Kier molecular flexibility index (Phi) is 6.97. The van der Waals surface area contributed by atoms with E-state index in [9.17, 15) is 22.8 Å². The lowest BCUT2D eigenvalue weighted by atomic mass is 9.70. The standard InChI is InChI=1S/C23H27F3O4/c1-15-11-14-19(21(3,4)18(15)13-12-16(2)27)30-20(28)22(29-5,23(24,25)26)17-9-7-6-8-10-17/h6-10,12-13,19H,11,14H2,1-5H3/b13-12+/t19-,22+/m0/s1. The first-order valence-electron chi connectivity index (χ1n) is 9.65. The van der Waals surface area contributed by atoms with Gasteiger partial charge in [0.25, 0.3) is 5.60 Å². The van der Waals surface area contributed by atoms with E-state index in [-0.39, 0.29) is 11.3 Å². The van der Waals surface area contributed by atoms with Crippen LogP contribution in [0.2, 0.25) is 0 Å². The van der Waals surface area contributed by atoms with E-state index >= 15 is 0 Å². The summed E-state index contributed by atoms with van der Waals surface area (Å²) in [4.78, 5) is 24.4. The molecule has 0 spiro atoms. The topological polar surface area (TPSA) is 52.6 Å². The molecule has 0 heterocycles. The third-order valence-electron chi connectivity index (χ3n) is 5.65. The number of hydrogen-bond acceptors (Lipinski definition) is 4. The predicted octanol–water partition coefficient (Wildman–Crippen LogP) is 5.28. The van der Waals surface area contributed by atoms with E-state index < -0.39 is 29.3 Å². The molecule has 1 aliphatic rings. The molecule has 0 radical (unpaired) electrons. The lowest BCUT2D eigenvalue weighted by molar-refractivity contribution is -0.279. The SMILES string of the molecule is CO[C@@](C(=O)O[C@H]1CCC(C)=C(/C=C/C(C)=O)C1(C)C)(c1ccccc1)C(F)(F)F. The molecule has 7 heteroatoms. The van der Waals surface area contributed by atoms with E-state index in [2.05, 4.69) is 0 Å². The van der Waals surface area contributed by atoms with Gasteiger partial charge in [0.1, 0.15) is 6.10 Å². The number of benzene rings is 1. The van der Waals surface area contributed by atoms with Gasteiger partial charge in [-0.25, -0.2) is 4.79 Å². The first-order chi connectivity index (χ1) is 13.9. The van der Waals surface area contributed by atoms with Gasteiger partial charge in [-0.05, 0) is 38.3 Å². The molecule has 4 nitrogen and oxygen atoms in total. The zero-order valence-electron chi connectivity index (χ0n) is 17.8. The summed E-state index contributed by atoms with van der Waals surface area (Å²) in [7, 11) is 0.846. The summed E-state index contributed by atoms with van der Waals surface area (Å²) in [5, 5.41) is 0. The minimum Gasteiger partial charge on any atom is -0.459 e. The van der Waals surface area contributed by atoms with Crippen molar-refractivity contribution in [2.45, 2.75) is 58.4 Å². The molecule has 164 valence electrons. The molecule has 0 saturated carbocycles. The minimum absolute atomic E-state index is 0.148. The first-order valence-corrected chi connectivity index (χ1v) is 9.65. The van der Waals surface area contributed by atoms with Crippen molar-refractivity contribution in [1.29, 1.82) is 0 Å². The molecule has 1 aromatic rings. The summed E-state index contributed by atoms with van der Waals surface area (Å²) < 4.78 is 52.7. The normalized spacial score (nSPS) is 21.4. The Labute approximate surface area is 174 Å². The second-order valence-electron chi connectivity index (χ2n) is 8.04. The van der Waals surface area contributed by atoms with Crippen molar-refractivity contribution >= 4 is 11.8 Å². The maximum atomic E-state index is 14.1. The fourth-order valence-electron chi connectivity index (χ4n) is 3.93. The summed E-state index contributed by atoms with van der Waals surface area (Å²) >= 11 is 0. The smallest absolute Gasteiger partial charge is 0.432 e. The largest absolute Gasteiger partial charge is 0.459 e. The summed E-state index contributed by atoms with van der Waals surface area (Å²) in [6.07, 6.45) is -1.88. The fraction of sp³-hybridized carbons (Fsp3) is 0.478. The summed E-state index contributed by atoms with van der Waals surface area (Å²) in [6.45, 7) is 6.89. The van der Waals surface area contributed by atoms with E-state index in [1.165, 1.54) is 37.3 Å². The van der Waals surface area contributed by atoms with Crippen LogP contribution in [0, 0.1) is 5.41 Å². The van der Waals surface area contributed by atoms with Gasteiger partial charge in [0.15, 0.2) is 5.78 Å². The Morgan fingerprint density at radius 2 is 1.77 bits per heavy atom. The molecular weight excluding hydrogens is 397 g/mol. The molecule has 0 aromatic heterocycles. The zero-order valence-corrected chi connectivity index (χ0v) is 17.8. The molecule has 2 rings (SSSR count). The molecule has 0 amide bonds. The number of ether oxygens (including phenoxy) is 2. The minimum atomic E-state index is -5.03. The fourth-order valence-corrected chi connectivity index (χ4v) is 3.93. The molecule has 0 unspecified atom stereocenters. The second kappa shape index (κ2) is 8.76. The van der Waals surface area contributed by atoms with Crippen molar-refractivity contribution in [1.82, 2.24) is 0 Å². The molecule has 30 heavy (non-hydrogen) atoms. The van der Waals surface area contributed by atoms with Gasteiger partial charge < -0.3 is 9.47 Å². The Bertz CT molecular complexity index is 853. The van der Waals surface area contributed by atoms with Crippen LogP contribution in [-0.2, 0) is 24.7 Å². The van der Waals surface area contributed by atoms with E-state index in [1.807, 2.05) is 6.92 Å².